The van der Waals surface area contributed by atoms with Gasteiger partial charge in [0.1, 0.15) is 0 Å². The first kappa shape index (κ1) is 20.0. The van der Waals surface area contributed by atoms with Crippen LogP contribution in [0, 0.1) is 0 Å². The highest BCUT2D eigenvalue weighted by Crippen LogP contribution is 2.38. The number of fused-ring (bicyclic) bond motifs is 3. The highest BCUT2D eigenvalue weighted by Gasteiger charge is 2.19. The Morgan fingerprint density at radius 2 is 1.41 bits per heavy atom. The molecule has 0 spiro atoms. The molecule has 3 aromatic carbocycles. The van der Waals surface area contributed by atoms with Crippen LogP contribution in [0.15, 0.2) is 66.7 Å². The minimum atomic E-state index is 0.593. The zero-order chi connectivity index (χ0) is 22.1. The van der Waals surface area contributed by atoms with Crippen LogP contribution < -0.4 is 35.1 Å². The van der Waals surface area contributed by atoms with Gasteiger partial charge in [-0.2, -0.15) is 0 Å². The standard InChI is InChI=1S/C28H25NO3/c1-30-26-16-19(17-27(31-2)28(26)32-3)12-13-24-23-11-7-5-9-21(23)18-25-22-10-6-4-8-20(22)14-15-29(24)25/h4-14,16-18H,15H2,1-3H3. The number of benzene rings is 3. The van der Waals surface area contributed by atoms with E-state index in [1.807, 2.05) is 12.1 Å². The van der Waals surface area contributed by atoms with Gasteiger partial charge in [0.05, 0.1) is 21.3 Å². The van der Waals surface area contributed by atoms with E-state index in [0.717, 1.165) is 17.8 Å². The van der Waals surface area contributed by atoms with Gasteiger partial charge in [-0.15, -0.1) is 0 Å². The second-order valence-electron chi connectivity index (χ2n) is 7.70. The summed E-state index contributed by atoms with van der Waals surface area (Å²) in [5, 5.41) is 4.97. The summed E-state index contributed by atoms with van der Waals surface area (Å²) in [6, 6.07) is 21.0. The van der Waals surface area contributed by atoms with E-state index in [4.69, 9.17) is 14.2 Å². The largest absolute Gasteiger partial charge is 0.493 e. The summed E-state index contributed by atoms with van der Waals surface area (Å²) in [6.45, 7) is 0.826. The first-order chi connectivity index (χ1) is 15.7. The van der Waals surface area contributed by atoms with Crippen LogP contribution in [-0.4, -0.2) is 32.8 Å². The summed E-state index contributed by atoms with van der Waals surface area (Å²) in [6.07, 6.45) is 8.85. The van der Waals surface area contributed by atoms with Crippen molar-refractivity contribution in [2.45, 2.75) is 0 Å². The molecule has 0 atom stereocenters. The van der Waals surface area contributed by atoms with E-state index in [2.05, 4.69) is 77.7 Å². The zero-order valence-corrected chi connectivity index (χ0v) is 18.5. The maximum absolute atomic E-state index is 5.52. The fourth-order valence-corrected chi connectivity index (χ4v) is 4.43. The van der Waals surface area contributed by atoms with Crippen molar-refractivity contribution < 1.29 is 14.2 Å². The number of ether oxygens (including phenoxy) is 3. The third-order valence-corrected chi connectivity index (χ3v) is 5.96. The molecule has 0 aliphatic carbocycles. The van der Waals surface area contributed by atoms with E-state index in [0.29, 0.717) is 17.2 Å². The highest BCUT2D eigenvalue weighted by molar-refractivity contribution is 5.86. The smallest absolute Gasteiger partial charge is 0.203 e. The van der Waals surface area contributed by atoms with Crippen molar-refractivity contribution in [3.8, 4) is 17.2 Å². The number of hydrogen-bond donors (Lipinski definition) is 0. The van der Waals surface area contributed by atoms with E-state index in [1.54, 1.807) is 21.3 Å². The maximum Gasteiger partial charge on any atom is 0.203 e. The number of methoxy groups -OCH3 is 3. The van der Waals surface area contributed by atoms with Crippen LogP contribution in [0.25, 0.3) is 29.6 Å². The topological polar surface area (TPSA) is 30.9 Å². The van der Waals surface area contributed by atoms with Crippen molar-refractivity contribution in [3.05, 3.63) is 93.2 Å². The molecule has 0 fully saturated rings. The van der Waals surface area contributed by atoms with E-state index >= 15 is 0 Å². The number of nitrogens with zero attached hydrogens (tertiary/aromatic N) is 1. The van der Waals surface area contributed by atoms with Crippen LogP contribution in [0.2, 0.25) is 0 Å². The summed E-state index contributed by atoms with van der Waals surface area (Å²) < 4.78 is 16.5. The summed E-state index contributed by atoms with van der Waals surface area (Å²) in [5.41, 5.74) is 3.37. The van der Waals surface area contributed by atoms with Crippen LogP contribution in [0.3, 0.4) is 0 Å². The SMILES string of the molecule is COc1cc(C=CC2=c3ccccc3=CC3=c4ccccc4=CCN32)cc(OC)c1OC. The lowest BCUT2D eigenvalue weighted by Crippen LogP contribution is -2.45. The minimum Gasteiger partial charge on any atom is -0.493 e. The van der Waals surface area contributed by atoms with Crippen LogP contribution in [-0.2, 0) is 0 Å². The van der Waals surface area contributed by atoms with Crippen molar-refractivity contribution in [3.63, 3.8) is 0 Å². The molecule has 2 aliphatic heterocycles. The van der Waals surface area contributed by atoms with Gasteiger partial charge in [0.2, 0.25) is 5.75 Å². The lowest BCUT2D eigenvalue weighted by atomic mass is 10.0. The Bertz CT molecular complexity index is 1440. The first-order valence-corrected chi connectivity index (χ1v) is 10.6. The van der Waals surface area contributed by atoms with E-state index in [-0.39, 0.29) is 0 Å². The Labute approximate surface area is 187 Å². The van der Waals surface area contributed by atoms with E-state index in [1.165, 1.54) is 26.6 Å². The summed E-state index contributed by atoms with van der Waals surface area (Å²) in [7, 11) is 4.88. The molecule has 0 saturated carbocycles. The van der Waals surface area contributed by atoms with Gasteiger partial charge < -0.3 is 19.1 Å². The molecule has 5 rings (SSSR count). The molecule has 0 unspecified atom stereocenters. The van der Waals surface area contributed by atoms with Crippen LogP contribution in [0.1, 0.15) is 5.56 Å². The highest BCUT2D eigenvalue weighted by atomic mass is 16.5. The molecule has 4 nitrogen and oxygen atoms in total. The second-order valence-corrected chi connectivity index (χ2v) is 7.70. The predicted octanol–water partition coefficient (Wildman–Crippen LogP) is 2.23. The van der Waals surface area contributed by atoms with E-state index < -0.39 is 0 Å². The van der Waals surface area contributed by atoms with Gasteiger partial charge in [-0.3, -0.25) is 0 Å². The molecule has 0 radical (unpaired) electrons. The molecular weight excluding hydrogens is 398 g/mol. The quantitative estimate of drug-likeness (QED) is 0.630. The fourth-order valence-electron chi connectivity index (χ4n) is 4.43. The maximum atomic E-state index is 5.52. The van der Waals surface area contributed by atoms with Crippen LogP contribution in [0.4, 0.5) is 0 Å². The molecule has 160 valence electrons. The third-order valence-electron chi connectivity index (χ3n) is 5.96. The summed E-state index contributed by atoms with van der Waals surface area (Å²) in [4.78, 5) is 2.37. The molecule has 0 aromatic heterocycles. The van der Waals surface area contributed by atoms with Gasteiger partial charge in [0.25, 0.3) is 0 Å². The molecule has 2 heterocycles. The average molecular weight is 424 g/mol. The van der Waals surface area contributed by atoms with Gasteiger partial charge >= 0.3 is 0 Å². The van der Waals surface area contributed by atoms with Crippen molar-refractivity contribution in [1.29, 1.82) is 0 Å². The van der Waals surface area contributed by atoms with Gasteiger partial charge in [-0.25, -0.2) is 0 Å². The molecule has 3 aromatic rings. The molecular formula is C28H25NO3. The summed E-state index contributed by atoms with van der Waals surface area (Å²) in [5.74, 6) is 1.87. The molecule has 0 N–H and O–H groups in total. The van der Waals surface area contributed by atoms with Gasteiger partial charge in [-0.1, -0.05) is 60.7 Å². The van der Waals surface area contributed by atoms with Crippen molar-refractivity contribution in [2.24, 2.45) is 0 Å². The molecule has 0 bridgehead atoms. The Balaban J connectivity index is 1.68. The van der Waals surface area contributed by atoms with Gasteiger partial charge in [0.15, 0.2) is 11.5 Å². The predicted molar refractivity (Wildman–Crippen MR) is 129 cm³/mol. The Morgan fingerprint density at radius 1 is 0.750 bits per heavy atom. The monoisotopic (exact) mass is 423 g/mol. The lowest BCUT2D eigenvalue weighted by molar-refractivity contribution is 0.324. The third kappa shape index (κ3) is 3.34. The van der Waals surface area contributed by atoms with Crippen LogP contribution >= 0.6 is 0 Å². The van der Waals surface area contributed by atoms with Crippen molar-refractivity contribution >= 4 is 29.6 Å². The molecule has 0 amide bonds. The molecule has 0 saturated heterocycles. The molecule has 2 aliphatic rings. The second kappa shape index (κ2) is 8.31. The molecule has 4 heteroatoms. The Kier molecular flexibility index (Phi) is 5.20. The van der Waals surface area contributed by atoms with Crippen LogP contribution in [0.5, 0.6) is 17.2 Å². The lowest BCUT2D eigenvalue weighted by Gasteiger charge is -2.31. The minimum absolute atomic E-state index is 0.593. The zero-order valence-electron chi connectivity index (χ0n) is 18.5. The van der Waals surface area contributed by atoms with Crippen molar-refractivity contribution in [2.75, 3.05) is 27.9 Å². The number of hydrogen-bond acceptors (Lipinski definition) is 4. The average Bonchev–Trinajstić information content (AvgIpc) is 2.85. The summed E-state index contributed by atoms with van der Waals surface area (Å²) >= 11 is 0. The Morgan fingerprint density at radius 3 is 2.09 bits per heavy atom. The fraction of sp³-hybridized carbons (Fsp3) is 0.143. The van der Waals surface area contributed by atoms with Gasteiger partial charge in [0, 0.05) is 28.4 Å². The first-order valence-electron chi connectivity index (χ1n) is 10.6. The Hall–Kier alpha value is -3.92. The van der Waals surface area contributed by atoms with Gasteiger partial charge in [-0.05, 0) is 40.3 Å². The normalized spacial score (nSPS) is 14.2. The number of rotatable bonds is 5. The van der Waals surface area contributed by atoms with Crippen molar-refractivity contribution in [1.82, 2.24) is 4.90 Å². The molecule has 32 heavy (non-hydrogen) atoms. The van der Waals surface area contributed by atoms with E-state index in [9.17, 15) is 0 Å².